The van der Waals surface area contributed by atoms with E-state index in [1.54, 1.807) is 6.26 Å². The van der Waals surface area contributed by atoms with Crippen LogP contribution in [0.25, 0.3) is 11.0 Å². The van der Waals surface area contributed by atoms with E-state index in [1.807, 2.05) is 36.4 Å². The lowest BCUT2D eigenvalue weighted by atomic mass is 10.3. The van der Waals surface area contributed by atoms with Gasteiger partial charge in [0.25, 0.3) is 0 Å². The van der Waals surface area contributed by atoms with Gasteiger partial charge in [-0.1, -0.05) is 35.5 Å². The predicted octanol–water partition coefficient (Wildman–Crippen LogP) is 3.47. The van der Waals surface area contributed by atoms with Gasteiger partial charge in [0, 0.05) is 5.39 Å². The molecule has 0 amide bonds. The molecular weight excluding hydrogens is 256 g/mol. The number of nitrogens with zero attached hydrogens (tertiary/aromatic N) is 2. The zero-order valence-corrected chi connectivity index (χ0v) is 11.0. The van der Waals surface area contributed by atoms with Crippen molar-refractivity contribution in [2.45, 2.75) is 6.42 Å². The summed E-state index contributed by atoms with van der Waals surface area (Å²) in [7, 11) is 0. The Labute approximate surface area is 116 Å². The number of hydrogen-bond donors (Lipinski definition) is 0. The van der Waals surface area contributed by atoms with Crippen molar-refractivity contribution in [2.24, 2.45) is 0 Å². The summed E-state index contributed by atoms with van der Waals surface area (Å²) in [4.78, 5) is 3.44. The molecule has 0 aliphatic carbocycles. The van der Waals surface area contributed by atoms with Crippen molar-refractivity contribution in [1.29, 1.82) is 0 Å². The summed E-state index contributed by atoms with van der Waals surface area (Å²) in [6, 6.07) is 9.90. The number of para-hydroxylation sites is 1. The normalized spacial score (nSPS) is 13.0. The van der Waals surface area contributed by atoms with Crippen LogP contribution in [0.2, 0.25) is 0 Å². The summed E-state index contributed by atoms with van der Waals surface area (Å²) in [5, 5.41) is 4.40. The van der Waals surface area contributed by atoms with Gasteiger partial charge in [-0.05, 0) is 18.6 Å². The summed E-state index contributed by atoms with van der Waals surface area (Å²) in [6.45, 7) is 1.73. The van der Waals surface area contributed by atoms with Gasteiger partial charge in [0.05, 0.1) is 19.5 Å². The highest BCUT2D eigenvalue weighted by atomic mass is 16.5. The van der Waals surface area contributed by atoms with E-state index in [2.05, 4.69) is 20.7 Å². The molecular formula is C15H16N2O3. The van der Waals surface area contributed by atoms with Crippen LogP contribution in [0.5, 0.6) is 0 Å². The number of ether oxygens (including phenoxy) is 1. The van der Waals surface area contributed by atoms with Crippen LogP contribution in [0.4, 0.5) is 0 Å². The van der Waals surface area contributed by atoms with Crippen LogP contribution >= 0.6 is 0 Å². The molecule has 5 nitrogen and oxygen atoms in total. The fourth-order valence-corrected chi connectivity index (χ4v) is 1.53. The maximum absolute atomic E-state index is 5.12. The Balaban J connectivity index is 0.000000117. The summed E-state index contributed by atoms with van der Waals surface area (Å²) in [5.74, 6) is 0. The first kappa shape index (κ1) is 14.0. The Bertz CT molecular complexity index is 547. The molecule has 0 unspecified atom stereocenters. The zero-order valence-electron chi connectivity index (χ0n) is 11.0. The summed E-state index contributed by atoms with van der Waals surface area (Å²) < 4.78 is 14.3. The first-order chi connectivity index (χ1) is 9.97. The fraction of sp³-hybridized carbons (Fsp3) is 0.200. The first-order valence-corrected chi connectivity index (χ1v) is 6.31. The van der Waals surface area contributed by atoms with E-state index in [0.29, 0.717) is 0 Å². The van der Waals surface area contributed by atoms with Gasteiger partial charge in [-0.15, -0.1) is 0 Å². The maximum atomic E-state index is 5.12. The molecule has 5 heteroatoms. The summed E-state index contributed by atoms with van der Waals surface area (Å²) in [6.07, 6.45) is 9.58. The molecule has 0 spiro atoms. The highest BCUT2D eigenvalue weighted by Gasteiger charge is 1.89. The molecule has 104 valence electrons. The Morgan fingerprint density at radius 2 is 2.00 bits per heavy atom. The third-order valence-electron chi connectivity index (χ3n) is 2.45. The molecule has 2 aromatic heterocycles. The molecule has 0 atom stereocenters. The smallest absolute Gasteiger partial charge is 0.213 e. The topological polar surface area (TPSA) is 61.3 Å². The van der Waals surface area contributed by atoms with Crippen LogP contribution in [0.15, 0.2) is 70.4 Å². The molecule has 20 heavy (non-hydrogen) atoms. The minimum absolute atomic E-state index is 0.819. The Hall–Kier alpha value is -2.40. The second kappa shape index (κ2) is 8.66. The number of benzene rings is 1. The lowest BCUT2D eigenvalue weighted by Crippen LogP contribution is -1.96. The largest absolute Gasteiger partial charge is 0.464 e. The minimum atomic E-state index is 0.819. The first-order valence-electron chi connectivity index (χ1n) is 6.31. The zero-order chi connectivity index (χ0) is 13.9. The van der Waals surface area contributed by atoms with Crippen LogP contribution < -0.4 is 0 Å². The summed E-state index contributed by atoms with van der Waals surface area (Å²) in [5.41, 5.74) is 0.956. The molecule has 0 N–H and O–H groups in total. The van der Waals surface area contributed by atoms with Crippen molar-refractivity contribution in [3.05, 3.63) is 61.5 Å². The number of aromatic nitrogens is 2. The van der Waals surface area contributed by atoms with Gasteiger partial charge in [-0.25, -0.2) is 4.98 Å². The number of hydrogen-bond acceptors (Lipinski definition) is 5. The highest BCUT2D eigenvalue weighted by Crippen LogP contribution is 2.12. The standard InChI is InChI=1S/C8H6O.C5H8O.C2H2N2O/c1-2-4-8-7(3-1)5-6-9-8;1-2-4-6-5-3-1;1-3-2-5-4-1/h1-6H;1-2H,3-5H2;1-2H. The molecule has 3 aromatic rings. The van der Waals surface area contributed by atoms with E-state index < -0.39 is 0 Å². The lowest BCUT2D eigenvalue weighted by Gasteiger charge is -2.00. The molecule has 0 radical (unpaired) electrons. The van der Waals surface area contributed by atoms with Crippen LogP contribution in [0.3, 0.4) is 0 Å². The van der Waals surface area contributed by atoms with Gasteiger partial charge >= 0.3 is 0 Å². The van der Waals surface area contributed by atoms with Crippen LogP contribution in [-0.4, -0.2) is 23.4 Å². The molecule has 0 bridgehead atoms. The van der Waals surface area contributed by atoms with E-state index in [0.717, 1.165) is 30.6 Å². The summed E-state index contributed by atoms with van der Waals surface area (Å²) >= 11 is 0. The molecule has 0 saturated heterocycles. The Kier molecular flexibility index (Phi) is 6.07. The van der Waals surface area contributed by atoms with Gasteiger partial charge in [0.1, 0.15) is 5.58 Å². The third-order valence-corrected chi connectivity index (χ3v) is 2.45. The SMILES string of the molecule is C1=CCOCC1.c1ccc2occc2c1.c1ncon1. The second-order valence-electron chi connectivity index (χ2n) is 3.87. The van der Waals surface area contributed by atoms with Gasteiger partial charge in [0.2, 0.25) is 6.39 Å². The fourth-order valence-electron chi connectivity index (χ4n) is 1.53. The average molecular weight is 272 g/mol. The van der Waals surface area contributed by atoms with Crippen LogP contribution in [-0.2, 0) is 4.74 Å². The molecule has 1 aromatic carbocycles. The van der Waals surface area contributed by atoms with Gasteiger partial charge in [-0.3, -0.25) is 0 Å². The van der Waals surface area contributed by atoms with E-state index in [1.165, 1.54) is 12.7 Å². The molecule has 4 rings (SSSR count). The van der Waals surface area contributed by atoms with E-state index in [4.69, 9.17) is 9.15 Å². The van der Waals surface area contributed by atoms with Crippen molar-refractivity contribution in [3.63, 3.8) is 0 Å². The number of fused-ring (bicyclic) bond motifs is 1. The molecule has 1 aliphatic rings. The molecule has 0 saturated carbocycles. The van der Waals surface area contributed by atoms with Crippen molar-refractivity contribution in [2.75, 3.05) is 13.2 Å². The maximum Gasteiger partial charge on any atom is 0.213 e. The molecule has 3 heterocycles. The van der Waals surface area contributed by atoms with Gasteiger partial charge < -0.3 is 13.7 Å². The monoisotopic (exact) mass is 272 g/mol. The molecule has 1 aliphatic heterocycles. The van der Waals surface area contributed by atoms with Crippen molar-refractivity contribution < 1.29 is 13.7 Å². The van der Waals surface area contributed by atoms with E-state index >= 15 is 0 Å². The number of rotatable bonds is 0. The van der Waals surface area contributed by atoms with Crippen molar-refractivity contribution >= 4 is 11.0 Å². The third kappa shape index (κ3) is 5.07. The van der Waals surface area contributed by atoms with Gasteiger partial charge in [0.15, 0.2) is 6.33 Å². The Morgan fingerprint density at radius 3 is 2.50 bits per heavy atom. The average Bonchev–Trinajstić information content (AvgIpc) is 3.24. The van der Waals surface area contributed by atoms with E-state index in [9.17, 15) is 0 Å². The van der Waals surface area contributed by atoms with Crippen LogP contribution in [0, 0.1) is 0 Å². The van der Waals surface area contributed by atoms with Crippen molar-refractivity contribution in [1.82, 2.24) is 10.1 Å². The Morgan fingerprint density at radius 1 is 1.05 bits per heavy atom. The minimum Gasteiger partial charge on any atom is -0.464 e. The molecule has 0 fully saturated rings. The van der Waals surface area contributed by atoms with Crippen LogP contribution in [0.1, 0.15) is 6.42 Å². The van der Waals surface area contributed by atoms with E-state index in [-0.39, 0.29) is 0 Å². The lowest BCUT2D eigenvalue weighted by molar-refractivity contribution is 0.158. The van der Waals surface area contributed by atoms with Crippen molar-refractivity contribution in [3.8, 4) is 0 Å². The number of furan rings is 1. The highest BCUT2D eigenvalue weighted by molar-refractivity contribution is 5.76. The predicted molar refractivity (Wildman–Crippen MR) is 75.1 cm³/mol. The second-order valence-corrected chi connectivity index (χ2v) is 3.87. The van der Waals surface area contributed by atoms with Gasteiger partial charge in [-0.2, -0.15) is 0 Å². The quantitative estimate of drug-likeness (QED) is 0.586.